The summed E-state index contributed by atoms with van der Waals surface area (Å²) in [6, 6.07) is 10.3. The Bertz CT molecular complexity index is 1410. The molecule has 12 heteroatoms. The molecule has 0 bridgehead atoms. The van der Waals surface area contributed by atoms with Gasteiger partial charge >= 0.3 is 29.6 Å². The van der Waals surface area contributed by atoms with E-state index >= 15 is 0 Å². The fraction of sp³-hybridized carbons (Fsp3) is 0.0556. The molecule has 0 saturated carbocycles. The predicted octanol–water partition coefficient (Wildman–Crippen LogP) is 1.24. The van der Waals surface area contributed by atoms with E-state index in [2.05, 4.69) is 4.98 Å². The third-order valence-electron chi connectivity index (χ3n) is 4.61. The third kappa shape index (κ3) is 3.73. The predicted molar refractivity (Wildman–Crippen MR) is 106 cm³/mol. The quantitative estimate of drug-likeness (QED) is 0.336. The van der Waals surface area contributed by atoms with Gasteiger partial charge < -0.3 is 0 Å². The fourth-order valence-corrected chi connectivity index (χ4v) is 4.61. The number of aromatic nitrogens is 1. The zero-order valence-electron chi connectivity index (χ0n) is 14.3. The molecule has 150 valence electrons. The van der Waals surface area contributed by atoms with Crippen molar-refractivity contribution in [1.82, 2.24) is 4.98 Å². The Balaban J connectivity index is 0.00000256. The molecule has 0 atom stereocenters. The zero-order valence-corrected chi connectivity index (χ0v) is 15.9. The molecule has 1 aliphatic rings. The van der Waals surface area contributed by atoms with E-state index in [1.807, 2.05) is 0 Å². The number of rotatable bonds is 3. The summed E-state index contributed by atoms with van der Waals surface area (Å²) in [6.07, 6.45) is 0. The summed E-state index contributed by atoms with van der Waals surface area (Å²) >= 11 is 0. The molecule has 0 fully saturated rings. The van der Waals surface area contributed by atoms with E-state index in [-0.39, 0.29) is 57.3 Å². The van der Waals surface area contributed by atoms with Crippen LogP contribution in [0, 0.1) is 0 Å². The summed E-state index contributed by atoms with van der Waals surface area (Å²) in [5.74, 6) is -2.28. The monoisotopic (exact) mass is 457 g/mol. The molecule has 2 N–H and O–H groups in total. The number of benzene rings is 2. The average Bonchev–Trinajstić information content (AvgIpc) is 2.90. The van der Waals surface area contributed by atoms with Gasteiger partial charge in [0.2, 0.25) is 0 Å². The number of fused-ring (bicyclic) bond motifs is 2. The van der Waals surface area contributed by atoms with Crippen LogP contribution in [0.2, 0.25) is 0 Å². The minimum atomic E-state index is -4.94. The van der Waals surface area contributed by atoms with Gasteiger partial charge in [-0.05, 0) is 18.2 Å². The number of hydrogen-bond acceptors (Lipinski definition) is 7. The molecule has 1 aromatic heterocycles. The summed E-state index contributed by atoms with van der Waals surface area (Å²) in [7, 11) is -9.71. The molecule has 1 heterocycles. The molecule has 0 spiro atoms. The van der Waals surface area contributed by atoms with Gasteiger partial charge in [-0.2, -0.15) is 16.8 Å². The summed E-state index contributed by atoms with van der Waals surface area (Å²) in [5, 5.41) is -0.0353. The van der Waals surface area contributed by atoms with Gasteiger partial charge in [0.05, 0.1) is 16.1 Å². The maximum absolute atomic E-state index is 12.7. The third-order valence-corrected chi connectivity index (χ3v) is 6.30. The van der Waals surface area contributed by atoms with Crippen LogP contribution in [0.15, 0.2) is 58.3 Å². The number of Topliss-reactive ketones (excluding diaryl/α,β-unsaturated/α-hetero) is 2. The number of carbonyl (C=O) groups excluding carboxylic acids is 2. The molecule has 0 saturated heterocycles. The van der Waals surface area contributed by atoms with Gasteiger partial charge in [-0.25, -0.2) is 0 Å². The standard InChI is InChI=1S/C18H11NO8S2.Na.H/c20-17-11-3-1-2-4-12(11)18(21)15(17)13-6-5-9-7-10(28(22,23)24)8-14(16(9)19-13)29(25,26)27;;/h1-8,15H,(H,22,23,24)(H,25,26,27);;. The molecule has 9 nitrogen and oxygen atoms in total. The summed E-state index contributed by atoms with van der Waals surface area (Å²) in [6.45, 7) is 0. The number of nitrogens with zero attached hydrogens (tertiary/aromatic N) is 1. The van der Waals surface area contributed by atoms with Gasteiger partial charge in [-0.15, -0.1) is 0 Å². The van der Waals surface area contributed by atoms with Crippen LogP contribution >= 0.6 is 0 Å². The second-order valence-corrected chi connectivity index (χ2v) is 9.20. The van der Waals surface area contributed by atoms with Crippen LogP contribution in [0.3, 0.4) is 0 Å². The van der Waals surface area contributed by atoms with Crippen molar-refractivity contribution in [2.45, 2.75) is 15.7 Å². The van der Waals surface area contributed by atoms with Gasteiger partial charge in [0.15, 0.2) is 11.6 Å². The molecule has 30 heavy (non-hydrogen) atoms. The molecule has 2 aromatic carbocycles. The van der Waals surface area contributed by atoms with Crippen molar-refractivity contribution in [1.29, 1.82) is 0 Å². The number of pyridine rings is 1. The van der Waals surface area contributed by atoms with E-state index in [4.69, 9.17) is 0 Å². The average molecular weight is 457 g/mol. The van der Waals surface area contributed by atoms with Crippen LogP contribution in [0.25, 0.3) is 10.9 Å². The first-order chi connectivity index (χ1) is 13.5. The Morgan fingerprint density at radius 1 is 0.800 bits per heavy atom. The van der Waals surface area contributed by atoms with Crippen molar-refractivity contribution in [3.63, 3.8) is 0 Å². The Morgan fingerprint density at radius 3 is 1.87 bits per heavy atom. The van der Waals surface area contributed by atoms with E-state index in [1.165, 1.54) is 24.3 Å². The molecule has 0 radical (unpaired) electrons. The van der Waals surface area contributed by atoms with Crippen LogP contribution in [-0.2, 0) is 20.2 Å². The van der Waals surface area contributed by atoms with Crippen LogP contribution < -0.4 is 0 Å². The molecular weight excluding hydrogens is 445 g/mol. The van der Waals surface area contributed by atoms with Gasteiger partial charge in [0.25, 0.3) is 20.2 Å². The zero-order chi connectivity index (χ0) is 21.1. The van der Waals surface area contributed by atoms with E-state index in [0.717, 1.165) is 6.07 Å². The normalized spacial score (nSPS) is 14.6. The first-order valence-electron chi connectivity index (χ1n) is 8.05. The SMILES string of the molecule is O=C1c2ccccc2C(=O)C1c1ccc2cc(S(=O)(=O)O)cc(S(=O)(=O)O)c2n1.[NaH]. The van der Waals surface area contributed by atoms with E-state index < -0.39 is 47.5 Å². The van der Waals surface area contributed by atoms with Crippen molar-refractivity contribution in [2.75, 3.05) is 0 Å². The fourth-order valence-electron chi connectivity index (χ4n) is 3.31. The van der Waals surface area contributed by atoms with E-state index in [1.54, 1.807) is 12.1 Å². The Labute approximate surface area is 192 Å². The topological polar surface area (TPSA) is 156 Å². The maximum atomic E-state index is 12.7. The number of carbonyl (C=O) groups is 2. The van der Waals surface area contributed by atoms with Crippen molar-refractivity contribution >= 4 is 72.3 Å². The van der Waals surface area contributed by atoms with E-state index in [9.17, 15) is 35.5 Å². The van der Waals surface area contributed by atoms with Crippen LogP contribution in [0.5, 0.6) is 0 Å². The van der Waals surface area contributed by atoms with Crippen molar-refractivity contribution in [3.8, 4) is 0 Å². The van der Waals surface area contributed by atoms with Gasteiger partial charge in [0, 0.05) is 16.5 Å². The van der Waals surface area contributed by atoms with Crippen LogP contribution in [-0.4, -0.2) is 72.0 Å². The van der Waals surface area contributed by atoms with Crippen LogP contribution in [0.1, 0.15) is 32.3 Å². The molecule has 4 rings (SSSR count). The Kier molecular flexibility index (Phi) is 5.75. The second-order valence-electron chi connectivity index (χ2n) is 6.39. The van der Waals surface area contributed by atoms with Gasteiger partial charge in [-0.1, -0.05) is 30.3 Å². The number of ketones is 2. The summed E-state index contributed by atoms with van der Waals surface area (Å²) < 4.78 is 65.1. The van der Waals surface area contributed by atoms with Crippen molar-refractivity contribution in [2.24, 2.45) is 0 Å². The summed E-state index contributed by atoms with van der Waals surface area (Å²) in [5.41, 5.74) is 0.0596. The molecule has 3 aromatic rings. The Hall–Kier alpha value is -1.99. The van der Waals surface area contributed by atoms with Gasteiger partial charge in [-0.3, -0.25) is 23.7 Å². The molecule has 0 unspecified atom stereocenters. The molecule has 1 aliphatic carbocycles. The minimum absolute atomic E-state index is 0. The van der Waals surface area contributed by atoms with Crippen molar-refractivity contribution in [3.05, 3.63) is 65.4 Å². The van der Waals surface area contributed by atoms with Crippen LogP contribution in [0.4, 0.5) is 0 Å². The molecule has 0 amide bonds. The first kappa shape index (κ1) is 22.7. The molecular formula is C18H12NNaO8S2. The number of hydrogen-bond donors (Lipinski definition) is 2. The summed E-state index contributed by atoms with van der Waals surface area (Å²) in [4.78, 5) is 27.8. The first-order valence-corrected chi connectivity index (χ1v) is 10.9. The van der Waals surface area contributed by atoms with Gasteiger partial charge in [0.1, 0.15) is 10.8 Å². The second kappa shape index (κ2) is 7.61. The Morgan fingerprint density at radius 2 is 1.37 bits per heavy atom. The van der Waals surface area contributed by atoms with Crippen molar-refractivity contribution < 1.29 is 35.5 Å². The van der Waals surface area contributed by atoms with E-state index in [0.29, 0.717) is 6.07 Å². The molecule has 0 aliphatic heterocycles.